The molecule has 0 amide bonds. The number of aromatic amines is 2. The summed E-state index contributed by atoms with van der Waals surface area (Å²) in [6.45, 7) is 0. The third-order valence-corrected chi connectivity index (χ3v) is 3.19. The molecular weight excluding hydrogens is 280 g/mol. The maximum absolute atomic E-state index is 12.4. The molecule has 0 spiro atoms. The van der Waals surface area contributed by atoms with Crippen LogP contribution in [0, 0.1) is 9.54 Å². The summed E-state index contributed by atoms with van der Waals surface area (Å²) in [4.78, 5) is 22.1. The number of nitrogens with zero attached hydrogens (tertiary/aromatic N) is 2. The quantitative estimate of drug-likeness (QED) is 0.675. The molecule has 2 aromatic heterocycles. The van der Waals surface area contributed by atoms with Crippen LogP contribution in [-0.4, -0.2) is 19.5 Å². The number of fused-ring (bicyclic) bond motifs is 1. The lowest BCUT2D eigenvalue weighted by Crippen LogP contribution is -2.21. The summed E-state index contributed by atoms with van der Waals surface area (Å²) < 4.78 is 2.03. The molecule has 2 N–H and O–H groups in total. The van der Waals surface area contributed by atoms with Crippen molar-refractivity contribution in [2.45, 2.75) is 0 Å². The lowest BCUT2D eigenvalue weighted by atomic mass is 10.3. The predicted octanol–water partition coefficient (Wildman–Crippen LogP) is 2.50. The number of aromatic nitrogens is 4. The Morgan fingerprint density at radius 1 is 1.11 bits per heavy atom. The van der Waals surface area contributed by atoms with E-state index in [0.29, 0.717) is 26.3 Å². The van der Waals surface area contributed by atoms with Gasteiger partial charge in [0.2, 0.25) is 0 Å². The Balaban J connectivity index is 2.46. The minimum absolute atomic E-state index is 0.233. The van der Waals surface area contributed by atoms with E-state index in [4.69, 9.17) is 24.4 Å². The summed E-state index contributed by atoms with van der Waals surface area (Å²) in [6, 6.07) is 9.20. The highest BCUT2D eigenvalue weighted by Gasteiger charge is 2.07. The van der Waals surface area contributed by atoms with E-state index in [1.54, 1.807) is 0 Å². The predicted molar refractivity (Wildman–Crippen MR) is 77.7 cm³/mol. The molecule has 0 fully saturated rings. The van der Waals surface area contributed by atoms with E-state index in [0.717, 1.165) is 0 Å². The second-order valence-electron chi connectivity index (χ2n) is 3.88. The molecular formula is C12H8N4OS2. The van der Waals surface area contributed by atoms with Crippen molar-refractivity contribution < 1.29 is 0 Å². The summed E-state index contributed by atoms with van der Waals surface area (Å²) >= 11 is 10.1. The summed E-state index contributed by atoms with van der Waals surface area (Å²) in [5.74, 6) is 0. The molecule has 0 aliphatic heterocycles. The van der Waals surface area contributed by atoms with Crippen LogP contribution in [-0.2, 0) is 0 Å². The van der Waals surface area contributed by atoms with Gasteiger partial charge in [0.1, 0.15) is 5.65 Å². The van der Waals surface area contributed by atoms with E-state index in [9.17, 15) is 4.79 Å². The first kappa shape index (κ1) is 11.9. The molecule has 0 aliphatic rings. The number of para-hydroxylation sites is 1. The first-order valence-corrected chi connectivity index (χ1v) is 6.28. The lowest BCUT2D eigenvalue weighted by Gasteiger charge is -2.07. The maximum atomic E-state index is 12.4. The zero-order chi connectivity index (χ0) is 13.4. The van der Waals surface area contributed by atoms with Crippen LogP contribution >= 0.6 is 24.4 Å². The first-order valence-electron chi connectivity index (χ1n) is 5.46. The molecule has 0 radical (unpaired) electrons. The molecule has 2 heterocycles. The molecule has 19 heavy (non-hydrogen) atoms. The maximum Gasteiger partial charge on any atom is 0.269 e. The van der Waals surface area contributed by atoms with Crippen molar-refractivity contribution in [1.29, 1.82) is 0 Å². The smallest absolute Gasteiger partial charge is 0.269 e. The van der Waals surface area contributed by atoms with Crippen molar-refractivity contribution in [2.75, 3.05) is 0 Å². The van der Waals surface area contributed by atoms with Gasteiger partial charge in [-0.05, 0) is 36.6 Å². The van der Waals surface area contributed by atoms with Crippen molar-refractivity contribution >= 4 is 35.5 Å². The summed E-state index contributed by atoms with van der Waals surface area (Å²) in [6.07, 6.45) is 1.45. The van der Waals surface area contributed by atoms with Gasteiger partial charge in [-0.3, -0.25) is 9.36 Å². The van der Waals surface area contributed by atoms with Crippen LogP contribution < -0.4 is 5.56 Å². The van der Waals surface area contributed by atoms with Gasteiger partial charge in [0.15, 0.2) is 9.54 Å². The molecule has 0 bridgehead atoms. The highest BCUT2D eigenvalue weighted by molar-refractivity contribution is 7.71. The van der Waals surface area contributed by atoms with Crippen LogP contribution in [0.15, 0.2) is 41.3 Å². The van der Waals surface area contributed by atoms with Crippen molar-refractivity contribution in [3.8, 4) is 5.69 Å². The van der Waals surface area contributed by atoms with Crippen molar-refractivity contribution in [3.63, 3.8) is 0 Å². The third-order valence-electron chi connectivity index (χ3n) is 2.70. The number of rotatable bonds is 1. The van der Waals surface area contributed by atoms with E-state index >= 15 is 0 Å². The van der Waals surface area contributed by atoms with Gasteiger partial charge in [0.25, 0.3) is 5.56 Å². The van der Waals surface area contributed by atoms with Crippen LogP contribution in [0.25, 0.3) is 16.7 Å². The zero-order valence-corrected chi connectivity index (χ0v) is 11.2. The number of nitrogens with one attached hydrogen (secondary N) is 2. The summed E-state index contributed by atoms with van der Waals surface area (Å²) in [7, 11) is 0. The van der Waals surface area contributed by atoms with E-state index in [2.05, 4.69) is 15.0 Å². The third kappa shape index (κ3) is 2.02. The Morgan fingerprint density at radius 3 is 2.58 bits per heavy atom. The normalized spacial score (nSPS) is 10.7. The van der Waals surface area contributed by atoms with Crippen molar-refractivity contribution in [1.82, 2.24) is 19.5 Å². The fourth-order valence-electron chi connectivity index (χ4n) is 1.84. The van der Waals surface area contributed by atoms with Gasteiger partial charge >= 0.3 is 0 Å². The van der Waals surface area contributed by atoms with Crippen molar-refractivity contribution in [2.24, 2.45) is 0 Å². The first-order chi connectivity index (χ1) is 9.16. The molecule has 7 heteroatoms. The van der Waals surface area contributed by atoms with Crippen LogP contribution in [0.3, 0.4) is 0 Å². The van der Waals surface area contributed by atoms with Crippen LogP contribution in [0.4, 0.5) is 0 Å². The zero-order valence-electron chi connectivity index (χ0n) is 9.58. The molecule has 0 atom stereocenters. The van der Waals surface area contributed by atoms with E-state index in [-0.39, 0.29) is 5.56 Å². The largest absolute Gasteiger partial charge is 0.317 e. The Labute approximate surface area is 117 Å². The minimum atomic E-state index is -0.233. The van der Waals surface area contributed by atoms with Gasteiger partial charge in [-0.2, -0.15) is 0 Å². The average Bonchev–Trinajstić information content (AvgIpc) is 2.39. The fraction of sp³-hybridized carbons (Fsp3) is 0. The molecule has 5 nitrogen and oxygen atoms in total. The van der Waals surface area contributed by atoms with Gasteiger partial charge in [-0.1, -0.05) is 18.2 Å². The van der Waals surface area contributed by atoms with E-state index in [1.165, 1.54) is 10.8 Å². The fourth-order valence-corrected chi connectivity index (χ4v) is 2.29. The molecule has 1 aromatic carbocycles. The van der Waals surface area contributed by atoms with Gasteiger partial charge < -0.3 is 9.97 Å². The molecule has 0 aliphatic carbocycles. The second kappa shape index (κ2) is 4.52. The Morgan fingerprint density at radius 2 is 1.84 bits per heavy atom. The van der Waals surface area contributed by atoms with Gasteiger partial charge in [-0.15, -0.1) is 0 Å². The van der Waals surface area contributed by atoms with Gasteiger partial charge in [0, 0.05) is 6.20 Å². The Hall–Kier alpha value is -2.12. The number of benzene rings is 1. The summed E-state index contributed by atoms with van der Waals surface area (Å²) in [5.41, 5.74) is 0.962. The Kier molecular flexibility index (Phi) is 2.84. The van der Waals surface area contributed by atoms with E-state index in [1.807, 2.05) is 30.3 Å². The second-order valence-corrected chi connectivity index (χ2v) is 4.66. The highest BCUT2D eigenvalue weighted by atomic mass is 32.1. The SMILES string of the molecule is O=c1c2cnc(=S)[nH]c2[nH]c(=S)n1-c1ccccc1. The minimum Gasteiger partial charge on any atom is -0.317 e. The number of hydrogen-bond donors (Lipinski definition) is 2. The monoisotopic (exact) mass is 288 g/mol. The number of hydrogen-bond acceptors (Lipinski definition) is 4. The molecule has 0 unspecified atom stereocenters. The molecule has 3 rings (SSSR count). The molecule has 0 saturated heterocycles. The average molecular weight is 288 g/mol. The van der Waals surface area contributed by atoms with Crippen molar-refractivity contribution in [3.05, 3.63) is 56.4 Å². The number of H-pyrrole nitrogens is 2. The molecule has 0 saturated carbocycles. The topological polar surface area (TPSA) is 66.5 Å². The van der Waals surface area contributed by atoms with Gasteiger partial charge in [-0.25, -0.2) is 4.98 Å². The van der Waals surface area contributed by atoms with Crippen LogP contribution in [0.5, 0.6) is 0 Å². The Bertz CT molecular complexity index is 924. The summed E-state index contributed by atoms with van der Waals surface area (Å²) in [5, 5.41) is 0.408. The van der Waals surface area contributed by atoms with Gasteiger partial charge in [0.05, 0.1) is 11.1 Å². The highest BCUT2D eigenvalue weighted by Crippen LogP contribution is 2.08. The lowest BCUT2D eigenvalue weighted by molar-refractivity contribution is 0.927. The van der Waals surface area contributed by atoms with Crippen LogP contribution in [0.1, 0.15) is 0 Å². The standard InChI is InChI=1S/C12H8N4OS2/c17-10-8-6-13-11(18)14-9(8)15-12(19)16(10)7-4-2-1-3-5-7/h1-6H,(H2,13,14,15,18,19). The van der Waals surface area contributed by atoms with Crippen LogP contribution in [0.2, 0.25) is 0 Å². The molecule has 3 aromatic rings. The molecule has 94 valence electrons. The van der Waals surface area contributed by atoms with E-state index < -0.39 is 0 Å².